The lowest BCUT2D eigenvalue weighted by Gasteiger charge is -2.33. The third kappa shape index (κ3) is 7.21. The smallest absolute Gasteiger partial charge is 0.244 e. The number of nitrogens with zero attached hydrogens (tertiary/aromatic N) is 2. The van der Waals surface area contributed by atoms with E-state index in [1.54, 1.807) is 43.3 Å². The van der Waals surface area contributed by atoms with Crippen LogP contribution >= 0.6 is 11.6 Å². The standard InChI is InChI=1S/C25H34ClN3O4S/c1-7-22(25(31)27-17(2)3)28(15-20-10-8-9-11-21(20)26)24(30)16-29(34(6,32)33)23-13-12-18(4)14-19(23)5/h8-14,17,22H,7,15-16H2,1-6H3,(H,27,31)/t22-/m0/s1. The Labute approximate surface area is 208 Å². The highest BCUT2D eigenvalue weighted by atomic mass is 35.5. The number of anilines is 1. The Bertz CT molecular complexity index is 1130. The van der Waals surface area contributed by atoms with Gasteiger partial charge in [0.15, 0.2) is 0 Å². The van der Waals surface area contributed by atoms with E-state index in [0.29, 0.717) is 22.7 Å². The van der Waals surface area contributed by atoms with E-state index in [1.165, 1.54) is 4.90 Å². The Morgan fingerprint density at radius 1 is 1.09 bits per heavy atom. The highest BCUT2D eigenvalue weighted by Crippen LogP contribution is 2.25. The van der Waals surface area contributed by atoms with Crippen LogP contribution in [0.3, 0.4) is 0 Å². The SMILES string of the molecule is CC[C@@H](C(=O)NC(C)C)N(Cc1ccccc1Cl)C(=O)CN(c1ccc(C)cc1C)S(C)(=O)=O. The molecule has 0 aromatic heterocycles. The van der Waals surface area contributed by atoms with Crippen LogP contribution in [0.2, 0.25) is 5.02 Å². The van der Waals surface area contributed by atoms with Gasteiger partial charge in [-0.05, 0) is 57.4 Å². The lowest BCUT2D eigenvalue weighted by Crippen LogP contribution is -2.53. The first-order valence-corrected chi connectivity index (χ1v) is 13.5. The van der Waals surface area contributed by atoms with Gasteiger partial charge in [-0.3, -0.25) is 13.9 Å². The van der Waals surface area contributed by atoms with Crippen LogP contribution in [0.5, 0.6) is 0 Å². The minimum absolute atomic E-state index is 0.0764. The first-order valence-electron chi connectivity index (χ1n) is 11.2. The van der Waals surface area contributed by atoms with E-state index in [-0.39, 0.29) is 18.5 Å². The van der Waals surface area contributed by atoms with Crippen LogP contribution in [0, 0.1) is 13.8 Å². The molecule has 9 heteroatoms. The van der Waals surface area contributed by atoms with Gasteiger partial charge in [0.1, 0.15) is 12.6 Å². The molecular weight excluding hydrogens is 474 g/mol. The van der Waals surface area contributed by atoms with E-state index in [9.17, 15) is 18.0 Å². The molecule has 2 amide bonds. The maximum Gasteiger partial charge on any atom is 0.244 e. The first kappa shape index (κ1) is 27.7. The van der Waals surface area contributed by atoms with Crippen molar-refractivity contribution < 1.29 is 18.0 Å². The molecule has 0 fully saturated rings. The average Bonchev–Trinajstić information content (AvgIpc) is 2.72. The summed E-state index contributed by atoms with van der Waals surface area (Å²) in [5, 5.41) is 3.33. The van der Waals surface area contributed by atoms with Gasteiger partial charge in [-0.15, -0.1) is 0 Å². The summed E-state index contributed by atoms with van der Waals surface area (Å²) in [6, 6.07) is 11.6. The predicted molar refractivity (Wildman–Crippen MR) is 137 cm³/mol. The number of hydrogen-bond acceptors (Lipinski definition) is 4. The Morgan fingerprint density at radius 2 is 1.74 bits per heavy atom. The van der Waals surface area contributed by atoms with Crippen molar-refractivity contribution in [1.29, 1.82) is 0 Å². The number of carbonyl (C=O) groups excluding carboxylic acids is 2. The molecule has 34 heavy (non-hydrogen) atoms. The number of hydrogen-bond donors (Lipinski definition) is 1. The molecule has 1 N–H and O–H groups in total. The monoisotopic (exact) mass is 507 g/mol. The fraction of sp³-hybridized carbons (Fsp3) is 0.440. The van der Waals surface area contributed by atoms with Crippen molar-refractivity contribution in [2.45, 2.75) is 59.7 Å². The highest BCUT2D eigenvalue weighted by molar-refractivity contribution is 7.92. The first-order chi connectivity index (χ1) is 15.8. The van der Waals surface area contributed by atoms with Crippen molar-refractivity contribution in [3.05, 3.63) is 64.2 Å². The van der Waals surface area contributed by atoms with Crippen LogP contribution in [-0.4, -0.2) is 50.0 Å². The van der Waals surface area contributed by atoms with E-state index < -0.39 is 28.5 Å². The van der Waals surface area contributed by atoms with Crippen molar-refractivity contribution in [3.8, 4) is 0 Å². The number of aryl methyl sites for hydroxylation is 2. The Hall–Kier alpha value is -2.58. The van der Waals surface area contributed by atoms with E-state index in [0.717, 1.165) is 21.7 Å². The number of sulfonamides is 1. The molecule has 0 aliphatic carbocycles. The normalized spacial score (nSPS) is 12.4. The molecule has 2 aromatic rings. The molecule has 1 atom stereocenters. The summed E-state index contributed by atoms with van der Waals surface area (Å²) in [4.78, 5) is 28.1. The van der Waals surface area contributed by atoms with Crippen molar-refractivity contribution in [1.82, 2.24) is 10.2 Å². The topological polar surface area (TPSA) is 86.8 Å². The summed E-state index contributed by atoms with van der Waals surface area (Å²) in [7, 11) is -3.78. The number of nitrogens with one attached hydrogen (secondary N) is 1. The van der Waals surface area contributed by atoms with Crippen LogP contribution in [0.4, 0.5) is 5.69 Å². The number of benzene rings is 2. The molecule has 186 valence electrons. The molecule has 0 unspecified atom stereocenters. The summed E-state index contributed by atoms with van der Waals surface area (Å²) < 4.78 is 26.5. The van der Waals surface area contributed by atoms with Crippen LogP contribution < -0.4 is 9.62 Å². The van der Waals surface area contributed by atoms with Gasteiger partial charge in [-0.1, -0.05) is 54.4 Å². The van der Waals surface area contributed by atoms with Crippen LogP contribution in [0.1, 0.15) is 43.9 Å². The van der Waals surface area contributed by atoms with Crippen LogP contribution in [0.25, 0.3) is 0 Å². The van der Waals surface area contributed by atoms with Crippen molar-refractivity contribution in [2.24, 2.45) is 0 Å². The number of rotatable bonds is 10. The summed E-state index contributed by atoms with van der Waals surface area (Å²) in [6.07, 6.45) is 1.43. The molecule has 0 saturated carbocycles. The lowest BCUT2D eigenvalue weighted by atomic mass is 10.1. The number of halogens is 1. The lowest BCUT2D eigenvalue weighted by molar-refractivity contribution is -0.140. The van der Waals surface area contributed by atoms with Gasteiger partial charge >= 0.3 is 0 Å². The van der Waals surface area contributed by atoms with Gasteiger partial charge in [0.2, 0.25) is 21.8 Å². The molecule has 2 aromatic carbocycles. The second kappa shape index (κ2) is 11.7. The average molecular weight is 508 g/mol. The summed E-state index contributed by atoms with van der Waals surface area (Å²) in [5.74, 6) is -0.786. The molecule has 0 spiro atoms. The zero-order valence-corrected chi connectivity index (χ0v) is 22.2. The molecule has 0 aliphatic rings. The fourth-order valence-electron chi connectivity index (χ4n) is 3.79. The maximum atomic E-state index is 13.7. The Morgan fingerprint density at radius 3 is 2.26 bits per heavy atom. The number of carbonyl (C=O) groups is 2. The van der Waals surface area contributed by atoms with Gasteiger partial charge in [-0.2, -0.15) is 0 Å². The summed E-state index contributed by atoms with van der Waals surface area (Å²) in [5.41, 5.74) is 2.82. The molecule has 0 radical (unpaired) electrons. The highest BCUT2D eigenvalue weighted by Gasteiger charge is 2.32. The molecular formula is C25H34ClN3O4S. The number of amides is 2. The van der Waals surface area contributed by atoms with Gasteiger partial charge in [0.05, 0.1) is 11.9 Å². The van der Waals surface area contributed by atoms with Gasteiger partial charge < -0.3 is 10.2 Å². The second-order valence-electron chi connectivity index (χ2n) is 8.76. The van der Waals surface area contributed by atoms with Crippen molar-refractivity contribution in [3.63, 3.8) is 0 Å². The van der Waals surface area contributed by atoms with Crippen LogP contribution in [0.15, 0.2) is 42.5 Å². The summed E-state index contributed by atoms with van der Waals surface area (Å²) >= 11 is 6.35. The van der Waals surface area contributed by atoms with E-state index in [2.05, 4.69) is 5.32 Å². The minimum Gasteiger partial charge on any atom is -0.352 e. The van der Waals surface area contributed by atoms with E-state index >= 15 is 0 Å². The van der Waals surface area contributed by atoms with Crippen LogP contribution in [-0.2, 0) is 26.2 Å². The predicted octanol–water partition coefficient (Wildman–Crippen LogP) is 4.05. The Balaban J connectivity index is 2.49. The second-order valence-corrected chi connectivity index (χ2v) is 11.1. The molecule has 0 bridgehead atoms. The minimum atomic E-state index is -3.78. The molecule has 0 heterocycles. The zero-order valence-electron chi connectivity index (χ0n) is 20.6. The quantitative estimate of drug-likeness (QED) is 0.525. The third-order valence-electron chi connectivity index (χ3n) is 5.42. The Kier molecular flexibility index (Phi) is 9.53. The molecule has 7 nitrogen and oxygen atoms in total. The largest absolute Gasteiger partial charge is 0.352 e. The maximum absolute atomic E-state index is 13.7. The van der Waals surface area contributed by atoms with Gasteiger partial charge in [0, 0.05) is 17.6 Å². The fourth-order valence-corrected chi connectivity index (χ4v) is 4.89. The van der Waals surface area contributed by atoms with E-state index in [4.69, 9.17) is 11.6 Å². The van der Waals surface area contributed by atoms with E-state index in [1.807, 2.05) is 33.8 Å². The van der Waals surface area contributed by atoms with Crippen molar-refractivity contribution >= 4 is 39.1 Å². The van der Waals surface area contributed by atoms with Gasteiger partial charge in [-0.25, -0.2) is 8.42 Å². The zero-order chi connectivity index (χ0) is 25.6. The van der Waals surface area contributed by atoms with Gasteiger partial charge in [0.25, 0.3) is 0 Å². The molecule has 0 aliphatic heterocycles. The molecule has 2 rings (SSSR count). The van der Waals surface area contributed by atoms with Crippen molar-refractivity contribution in [2.75, 3.05) is 17.1 Å². The molecule has 0 saturated heterocycles. The third-order valence-corrected chi connectivity index (χ3v) is 6.91. The summed E-state index contributed by atoms with van der Waals surface area (Å²) in [6.45, 7) is 8.86.